The van der Waals surface area contributed by atoms with Gasteiger partial charge in [-0.15, -0.1) is 11.3 Å². The van der Waals surface area contributed by atoms with Crippen LogP contribution in [-0.4, -0.2) is 25.4 Å². The van der Waals surface area contributed by atoms with Gasteiger partial charge in [-0.3, -0.25) is 9.52 Å². The number of fused-ring (bicyclic) bond motifs is 1. The van der Waals surface area contributed by atoms with Crippen LogP contribution in [0, 0.1) is 5.82 Å². The topological polar surface area (TPSA) is 97.4 Å². The minimum Gasteiger partial charge on any atom is -0.479 e. The molecule has 7 nitrogen and oxygen atoms in total. The Morgan fingerprint density at radius 1 is 1.24 bits per heavy atom. The summed E-state index contributed by atoms with van der Waals surface area (Å²) in [6.07, 6.45) is -0.560. The van der Waals surface area contributed by atoms with Crippen molar-refractivity contribution in [2.24, 2.45) is 0 Å². The third kappa shape index (κ3) is 4.38. The molecule has 2 N–H and O–H groups in total. The molecule has 0 bridgehead atoms. The molecule has 4 rings (SSSR count). The van der Waals surface area contributed by atoms with Crippen molar-refractivity contribution in [3.05, 3.63) is 59.2 Å². The minimum atomic E-state index is -3.70. The van der Waals surface area contributed by atoms with Gasteiger partial charge in [0.15, 0.2) is 11.2 Å². The number of sulfonamides is 1. The zero-order chi connectivity index (χ0) is 20.6. The molecule has 3 aromatic rings. The molecule has 2 aromatic carbocycles. The number of carbonyl (C=O) groups excluding carboxylic acids is 1. The Kier molecular flexibility index (Phi) is 4.97. The number of nitrogens with one attached hydrogen (secondary N) is 2. The Hall–Kier alpha value is -2.98. The van der Waals surface area contributed by atoms with Crippen molar-refractivity contribution in [3.63, 3.8) is 0 Å². The molecule has 0 saturated carbocycles. The van der Waals surface area contributed by atoms with Gasteiger partial charge >= 0.3 is 0 Å². The van der Waals surface area contributed by atoms with Gasteiger partial charge in [-0.1, -0.05) is 12.1 Å². The average molecular weight is 433 g/mol. The standard InChI is InChI=1S/C19H16FN3O4S2/c1-11-18(24)21-15-8-13(4-7-17(15)27-11)16-9-28-19(22-16)23-29(25,26)10-12-2-5-14(20)6-3-12/h2-9,11H,10H2,1H3,(H,21,24)(H,22,23). The van der Waals surface area contributed by atoms with Crippen molar-refractivity contribution < 1.29 is 22.3 Å². The number of carbonyl (C=O) groups is 1. The lowest BCUT2D eigenvalue weighted by molar-refractivity contribution is -0.122. The van der Waals surface area contributed by atoms with Crippen molar-refractivity contribution >= 4 is 38.1 Å². The molecule has 1 aromatic heterocycles. The van der Waals surface area contributed by atoms with Gasteiger partial charge in [0, 0.05) is 10.9 Å². The number of aromatic nitrogens is 1. The first-order chi connectivity index (χ1) is 13.8. The monoisotopic (exact) mass is 433 g/mol. The maximum Gasteiger partial charge on any atom is 0.265 e. The molecular formula is C19H16FN3O4S2. The van der Waals surface area contributed by atoms with E-state index in [1.54, 1.807) is 30.5 Å². The van der Waals surface area contributed by atoms with Gasteiger partial charge in [-0.05, 0) is 42.8 Å². The smallest absolute Gasteiger partial charge is 0.265 e. The van der Waals surface area contributed by atoms with Crippen molar-refractivity contribution in [3.8, 4) is 17.0 Å². The Bertz CT molecular complexity index is 1180. The third-order valence-electron chi connectivity index (χ3n) is 4.22. The van der Waals surface area contributed by atoms with Crippen molar-refractivity contribution in [2.45, 2.75) is 18.8 Å². The third-order valence-corrected chi connectivity index (χ3v) is 6.33. The molecule has 0 radical (unpaired) electrons. The molecular weight excluding hydrogens is 417 g/mol. The Labute approximate surface area is 170 Å². The fourth-order valence-corrected chi connectivity index (χ4v) is 4.94. The zero-order valence-corrected chi connectivity index (χ0v) is 16.8. The normalized spacial score (nSPS) is 15.9. The fraction of sp³-hybridized carbons (Fsp3) is 0.158. The summed E-state index contributed by atoms with van der Waals surface area (Å²) in [5.74, 6) is -0.383. The molecule has 0 aliphatic carbocycles. The van der Waals surface area contributed by atoms with E-state index in [-0.39, 0.29) is 16.8 Å². The molecule has 10 heteroatoms. The molecule has 29 heavy (non-hydrogen) atoms. The molecule has 1 unspecified atom stereocenters. The number of rotatable bonds is 5. The predicted octanol–water partition coefficient (Wildman–Crippen LogP) is 3.61. The van der Waals surface area contributed by atoms with Crippen LogP contribution in [0.3, 0.4) is 0 Å². The highest BCUT2D eigenvalue weighted by Crippen LogP contribution is 2.35. The molecule has 0 spiro atoms. The summed E-state index contributed by atoms with van der Waals surface area (Å²) in [5.41, 5.74) is 2.28. The second-order valence-corrected chi connectivity index (χ2v) is 9.07. The molecule has 2 heterocycles. The van der Waals surface area contributed by atoms with Crippen LogP contribution in [0.1, 0.15) is 12.5 Å². The number of nitrogens with zero attached hydrogens (tertiary/aromatic N) is 1. The highest BCUT2D eigenvalue weighted by molar-refractivity contribution is 7.92. The van der Waals surface area contributed by atoms with E-state index in [0.717, 1.165) is 11.3 Å². The summed E-state index contributed by atoms with van der Waals surface area (Å²) in [5, 5.41) is 4.70. The van der Waals surface area contributed by atoms with Crippen molar-refractivity contribution in [1.82, 2.24) is 4.98 Å². The summed E-state index contributed by atoms with van der Waals surface area (Å²) >= 11 is 1.14. The van der Waals surface area contributed by atoms with Crippen molar-refractivity contribution in [1.29, 1.82) is 0 Å². The summed E-state index contributed by atoms with van der Waals surface area (Å²) in [4.78, 5) is 16.1. The van der Waals surface area contributed by atoms with Gasteiger partial charge in [0.25, 0.3) is 5.91 Å². The number of amides is 1. The van der Waals surface area contributed by atoms with Crippen LogP contribution in [-0.2, 0) is 20.6 Å². The van der Waals surface area contributed by atoms with Crippen LogP contribution < -0.4 is 14.8 Å². The Morgan fingerprint density at radius 3 is 2.76 bits per heavy atom. The van der Waals surface area contributed by atoms with Crippen molar-refractivity contribution in [2.75, 3.05) is 10.0 Å². The van der Waals surface area contributed by atoms with E-state index in [4.69, 9.17) is 4.74 Å². The van der Waals surface area contributed by atoms with Crippen LogP contribution in [0.25, 0.3) is 11.3 Å². The summed E-state index contributed by atoms with van der Waals surface area (Å²) < 4.78 is 45.6. The van der Waals surface area contributed by atoms with Crippen LogP contribution in [0.15, 0.2) is 47.8 Å². The van der Waals surface area contributed by atoms with Crippen LogP contribution >= 0.6 is 11.3 Å². The molecule has 0 fully saturated rings. The number of anilines is 2. The Morgan fingerprint density at radius 2 is 2.00 bits per heavy atom. The number of benzene rings is 2. The van der Waals surface area contributed by atoms with Gasteiger partial charge in [-0.2, -0.15) is 0 Å². The Balaban J connectivity index is 1.50. The first-order valence-electron chi connectivity index (χ1n) is 8.61. The van der Waals surface area contributed by atoms with Gasteiger partial charge < -0.3 is 10.1 Å². The van der Waals surface area contributed by atoms with E-state index < -0.39 is 21.9 Å². The van der Waals surface area contributed by atoms with E-state index in [1.165, 1.54) is 24.3 Å². The molecule has 0 saturated heterocycles. The van der Waals surface area contributed by atoms with Crippen LogP contribution in [0.2, 0.25) is 0 Å². The summed E-state index contributed by atoms with van der Waals surface area (Å²) in [6.45, 7) is 1.66. The number of thiazole rings is 1. The fourth-order valence-electron chi connectivity index (χ4n) is 2.79. The second-order valence-electron chi connectivity index (χ2n) is 6.49. The van der Waals surface area contributed by atoms with Gasteiger partial charge in [-0.25, -0.2) is 17.8 Å². The number of halogens is 1. The zero-order valence-electron chi connectivity index (χ0n) is 15.2. The van der Waals surface area contributed by atoms with Gasteiger partial charge in [0.05, 0.1) is 17.1 Å². The van der Waals surface area contributed by atoms with E-state index in [9.17, 15) is 17.6 Å². The number of hydrogen-bond acceptors (Lipinski definition) is 6. The van der Waals surface area contributed by atoms with E-state index in [1.807, 2.05) is 0 Å². The molecule has 1 amide bonds. The maximum absolute atomic E-state index is 13.0. The first kappa shape index (κ1) is 19.3. The summed E-state index contributed by atoms with van der Waals surface area (Å²) in [7, 11) is -3.70. The largest absolute Gasteiger partial charge is 0.479 e. The minimum absolute atomic E-state index is 0.216. The van der Waals surface area contributed by atoms with Crippen LogP contribution in [0.4, 0.5) is 15.2 Å². The molecule has 1 aliphatic rings. The second kappa shape index (κ2) is 7.45. The molecule has 1 atom stereocenters. The highest BCUT2D eigenvalue weighted by atomic mass is 32.2. The quantitative estimate of drug-likeness (QED) is 0.641. The lowest BCUT2D eigenvalue weighted by Gasteiger charge is -2.23. The number of hydrogen-bond donors (Lipinski definition) is 2. The highest BCUT2D eigenvalue weighted by Gasteiger charge is 2.24. The van der Waals surface area contributed by atoms with E-state index in [2.05, 4.69) is 15.0 Å². The maximum atomic E-state index is 13.0. The van der Waals surface area contributed by atoms with E-state index in [0.29, 0.717) is 28.3 Å². The average Bonchev–Trinajstić information content (AvgIpc) is 3.11. The number of ether oxygens (including phenoxy) is 1. The first-order valence-corrected chi connectivity index (χ1v) is 11.1. The van der Waals surface area contributed by atoms with Crippen LogP contribution in [0.5, 0.6) is 5.75 Å². The SMILES string of the molecule is CC1Oc2ccc(-c3csc(NS(=O)(=O)Cc4ccc(F)cc4)n3)cc2NC1=O. The molecule has 150 valence electrons. The van der Waals surface area contributed by atoms with Gasteiger partial charge in [0.1, 0.15) is 11.6 Å². The lowest BCUT2D eigenvalue weighted by Crippen LogP contribution is -2.34. The predicted molar refractivity (Wildman–Crippen MR) is 109 cm³/mol. The van der Waals surface area contributed by atoms with Gasteiger partial charge in [0.2, 0.25) is 10.0 Å². The lowest BCUT2D eigenvalue weighted by atomic mass is 10.1. The van der Waals surface area contributed by atoms with E-state index >= 15 is 0 Å². The summed E-state index contributed by atoms with van der Waals surface area (Å²) in [6, 6.07) is 10.5. The molecule has 1 aliphatic heterocycles.